The molecule has 1 fully saturated rings. The summed E-state index contributed by atoms with van der Waals surface area (Å²) in [5.41, 5.74) is 0. The van der Waals surface area contributed by atoms with E-state index in [1.807, 2.05) is 0 Å². The van der Waals surface area contributed by atoms with Crippen LogP contribution in [0.5, 0.6) is 0 Å². The van der Waals surface area contributed by atoms with Crippen LogP contribution < -0.4 is 0 Å². The molecule has 0 aromatic rings. The quantitative estimate of drug-likeness (QED) is 0.482. The molecular weight excluding hydrogens is 102 g/mol. The van der Waals surface area contributed by atoms with Gasteiger partial charge in [-0.3, -0.25) is 0 Å². The summed E-state index contributed by atoms with van der Waals surface area (Å²) in [4.78, 5) is 2.18. The third kappa shape index (κ3) is 1.20. The van der Waals surface area contributed by atoms with E-state index in [1.165, 1.54) is 0 Å². The van der Waals surface area contributed by atoms with E-state index in [4.69, 9.17) is 4.74 Å². The van der Waals surface area contributed by atoms with Gasteiger partial charge in [-0.05, 0) is 21.0 Å². The maximum Gasteiger partial charge on any atom is 0.0961 e. The molecule has 0 aliphatic carbocycles. The topological polar surface area (TPSA) is 15.8 Å². The lowest BCUT2D eigenvalue weighted by Gasteiger charge is -2.16. The molecular formula is C6H13NO. The van der Waals surface area contributed by atoms with E-state index in [0.29, 0.717) is 12.1 Å². The van der Waals surface area contributed by atoms with E-state index in [1.54, 1.807) is 0 Å². The van der Waals surface area contributed by atoms with Crippen molar-refractivity contribution >= 4 is 0 Å². The van der Waals surface area contributed by atoms with Crippen LogP contribution >= 0.6 is 0 Å². The van der Waals surface area contributed by atoms with E-state index in [2.05, 4.69) is 25.9 Å². The van der Waals surface area contributed by atoms with Gasteiger partial charge in [0, 0.05) is 6.04 Å². The molecule has 48 valence electrons. The van der Waals surface area contributed by atoms with Gasteiger partial charge in [-0.1, -0.05) is 0 Å². The Hall–Kier alpha value is -0.0800. The van der Waals surface area contributed by atoms with Crippen LogP contribution in [0.15, 0.2) is 0 Å². The highest BCUT2D eigenvalue weighted by atomic mass is 16.6. The van der Waals surface area contributed by atoms with E-state index in [0.717, 1.165) is 6.61 Å². The fourth-order valence-corrected chi connectivity index (χ4v) is 0.667. The van der Waals surface area contributed by atoms with Gasteiger partial charge < -0.3 is 9.64 Å². The predicted molar refractivity (Wildman–Crippen MR) is 32.9 cm³/mol. The summed E-state index contributed by atoms with van der Waals surface area (Å²) in [6, 6.07) is 0.593. The largest absolute Gasteiger partial charge is 0.371 e. The van der Waals surface area contributed by atoms with E-state index in [9.17, 15) is 0 Å². The molecule has 1 aliphatic heterocycles. The van der Waals surface area contributed by atoms with Crippen molar-refractivity contribution in [2.45, 2.75) is 19.1 Å². The zero-order valence-electron chi connectivity index (χ0n) is 5.72. The second-order valence-corrected chi connectivity index (χ2v) is 2.58. The van der Waals surface area contributed by atoms with Crippen molar-refractivity contribution in [2.24, 2.45) is 0 Å². The highest BCUT2D eigenvalue weighted by Crippen LogP contribution is 2.16. The van der Waals surface area contributed by atoms with Crippen molar-refractivity contribution in [3.63, 3.8) is 0 Å². The lowest BCUT2D eigenvalue weighted by atomic mass is 10.2. The summed E-state index contributed by atoms with van der Waals surface area (Å²) < 4.78 is 5.09. The van der Waals surface area contributed by atoms with E-state index in [-0.39, 0.29) is 0 Å². The van der Waals surface area contributed by atoms with Crippen LogP contribution in [0.25, 0.3) is 0 Å². The molecule has 0 bridgehead atoms. The van der Waals surface area contributed by atoms with Crippen molar-refractivity contribution in [3.05, 3.63) is 0 Å². The van der Waals surface area contributed by atoms with Gasteiger partial charge in [0.15, 0.2) is 0 Å². The fraction of sp³-hybridized carbons (Fsp3) is 1.00. The third-order valence-corrected chi connectivity index (χ3v) is 1.71. The van der Waals surface area contributed by atoms with Gasteiger partial charge in [-0.2, -0.15) is 0 Å². The minimum Gasteiger partial charge on any atom is -0.371 e. The Morgan fingerprint density at radius 1 is 1.62 bits per heavy atom. The Morgan fingerprint density at radius 3 is 2.25 bits per heavy atom. The molecule has 2 atom stereocenters. The molecule has 0 aromatic carbocycles. The predicted octanol–water partition coefficient (Wildman–Crippen LogP) is 0.335. The SMILES string of the molecule is C[C@@H]([C@@H]1CO1)N(C)C. The molecule has 0 aromatic heterocycles. The summed E-state index contributed by atoms with van der Waals surface area (Å²) in [5.74, 6) is 0. The summed E-state index contributed by atoms with van der Waals surface area (Å²) in [6.07, 6.45) is 0.519. The maximum absolute atomic E-state index is 5.09. The number of rotatable bonds is 2. The molecule has 0 spiro atoms. The van der Waals surface area contributed by atoms with Gasteiger partial charge in [-0.15, -0.1) is 0 Å². The Bertz CT molecular complexity index is 76.6. The van der Waals surface area contributed by atoms with E-state index < -0.39 is 0 Å². The van der Waals surface area contributed by atoms with Gasteiger partial charge in [-0.25, -0.2) is 0 Å². The minimum atomic E-state index is 0.519. The molecule has 1 heterocycles. The first kappa shape index (κ1) is 6.05. The van der Waals surface area contributed by atoms with Gasteiger partial charge >= 0.3 is 0 Å². The van der Waals surface area contributed by atoms with Crippen LogP contribution in [-0.4, -0.2) is 37.7 Å². The normalized spacial score (nSPS) is 30.8. The number of epoxide rings is 1. The molecule has 2 heteroatoms. The average molecular weight is 115 g/mol. The van der Waals surface area contributed by atoms with Crippen molar-refractivity contribution < 1.29 is 4.74 Å². The highest BCUT2D eigenvalue weighted by molar-refractivity contribution is 4.80. The first-order valence-corrected chi connectivity index (χ1v) is 3.00. The first-order valence-electron chi connectivity index (χ1n) is 3.00. The number of hydrogen-bond donors (Lipinski definition) is 0. The fourth-order valence-electron chi connectivity index (χ4n) is 0.667. The van der Waals surface area contributed by atoms with Crippen LogP contribution in [0.3, 0.4) is 0 Å². The Kier molecular flexibility index (Phi) is 1.54. The van der Waals surface area contributed by atoms with Gasteiger partial charge in [0.05, 0.1) is 12.7 Å². The smallest absolute Gasteiger partial charge is 0.0961 e. The molecule has 0 amide bonds. The summed E-state index contributed by atoms with van der Waals surface area (Å²) in [6.45, 7) is 3.14. The molecule has 2 nitrogen and oxygen atoms in total. The Morgan fingerprint density at radius 2 is 2.12 bits per heavy atom. The molecule has 1 rings (SSSR count). The monoisotopic (exact) mass is 115 g/mol. The Balaban J connectivity index is 2.22. The molecule has 0 unspecified atom stereocenters. The van der Waals surface area contributed by atoms with Gasteiger partial charge in [0.25, 0.3) is 0 Å². The van der Waals surface area contributed by atoms with Crippen molar-refractivity contribution in [2.75, 3.05) is 20.7 Å². The number of likely N-dealkylation sites (N-methyl/N-ethyl adjacent to an activating group) is 1. The van der Waals surface area contributed by atoms with Crippen LogP contribution in [0, 0.1) is 0 Å². The molecule has 1 saturated heterocycles. The molecule has 0 radical (unpaired) electrons. The van der Waals surface area contributed by atoms with Crippen LogP contribution in [0.2, 0.25) is 0 Å². The first-order chi connectivity index (χ1) is 3.72. The number of ether oxygens (including phenoxy) is 1. The Labute approximate surface area is 50.4 Å². The van der Waals surface area contributed by atoms with Crippen molar-refractivity contribution in [1.82, 2.24) is 4.90 Å². The van der Waals surface area contributed by atoms with Gasteiger partial charge in [0.1, 0.15) is 0 Å². The zero-order valence-corrected chi connectivity index (χ0v) is 5.72. The van der Waals surface area contributed by atoms with Crippen molar-refractivity contribution in [3.8, 4) is 0 Å². The maximum atomic E-state index is 5.09. The average Bonchev–Trinajstić information content (AvgIpc) is 2.43. The summed E-state index contributed by atoms with van der Waals surface area (Å²) in [7, 11) is 4.15. The zero-order chi connectivity index (χ0) is 6.15. The third-order valence-electron chi connectivity index (χ3n) is 1.71. The van der Waals surface area contributed by atoms with E-state index >= 15 is 0 Å². The number of hydrogen-bond acceptors (Lipinski definition) is 2. The lowest BCUT2D eigenvalue weighted by molar-refractivity contribution is 0.246. The lowest BCUT2D eigenvalue weighted by Crippen LogP contribution is -2.29. The van der Waals surface area contributed by atoms with Crippen LogP contribution in [-0.2, 0) is 4.74 Å². The molecule has 0 saturated carbocycles. The minimum absolute atomic E-state index is 0.519. The van der Waals surface area contributed by atoms with Crippen LogP contribution in [0.1, 0.15) is 6.92 Å². The second-order valence-electron chi connectivity index (χ2n) is 2.58. The van der Waals surface area contributed by atoms with Crippen molar-refractivity contribution in [1.29, 1.82) is 0 Å². The van der Waals surface area contributed by atoms with Gasteiger partial charge in [0.2, 0.25) is 0 Å². The molecule has 0 N–H and O–H groups in total. The number of nitrogens with zero attached hydrogens (tertiary/aromatic N) is 1. The standard InChI is InChI=1S/C6H13NO/c1-5(7(2)3)6-4-8-6/h5-6H,4H2,1-3H3/t5-,6-/m0/s1. The molecule has 1 aliphatic rings. The molecule has 8 heavy (non-hydrogen) atoms. The second kappa shape index (κ2) is 2.03. The highest BCUT2D eigenvalue weighted by Gasteiger charge is 2.30. The summed E-state index contributed by atoms with van der Waals surface area (Å²) >= 11 is 0. The van der Waals surface area contributed by atoms with Crippen LogP contribution in [0.4, 0.5) is 0 Å². The summed E-state index contributed by atoms with van der Waals surface area (Å²) in [5, 5.41) is 0.